The van der Waals surface area contributed by atoms with Crippen LogP contribution in [0.3, 0.4) is 0 Å². The first kappa shape index (κ1) is 16.2. The Labute approximate surface area is 137 Å². The van der Waals surface area contributed by atoms with Gasteiger partial charge in [0, 0.05) is 12.1 Å². The number of rotatable bonds is 5. The fourth-order valence-corrected chi connectivity index (χ4v) is 2.20. The van der Waals surface area contributed by atoms with Gasteiger partial charge in [-0.05, 0) is 43.2 Å². The number of hydrogen-bond acceptors (Lipinski definition) is 2. The number of aliphatic imine (C=N–C) groups is 2. The lowest BCUT2D eigenvalue weighted by Crippen LogP contribution is -2.13. The van der Waals surface area contributed by atoms with E-state index in [2.05, 4.69) is 29.0 Å². The van der Waals surface area contributed by atoms with E-state index in [9.17, 15) is 0 Å². The third-order valence-corrected chi connectivity index (χ3v) is 3.53. The normalized spacial score (nSPS) is 12.9. The summed E-state index contributed by atoms with van der Waals surface area (Å²) in [5.41, 5.74) is 3.14. The van der Waals surface area contributed by atoms with Crippen LogP contribution in [-0.4, -0.2) is 24.6 Å². The standard InChI is InChI=1S/C18H20ClN3/c1-14-11-17(19)9-10-18(14)21-13-22(3)12-20-15(2)16-7-5-4-6-8-16/h4-13,15H,1-3H3. The molecule has 0 N–H and O–H groups in total. The summed E-state index contributed by atoms with van der Waals surface area (Å²) >= 11 is 5.94. The third kappa shape index (κ3) is 4.71. The zero-order chi connectivity index (χ0) is 15.9. The Morgan fingerprint density at radius 3 is 2.50 bits per heavy atom. The highest BCUT2D eigenvalue weighted by Gasteiger charge is 2.01. The van der Waals surface area contributed by atoms with E-state index in [0.29, 0.717) is 0 Å². The number of benzene rings is 2. The molecule has 0 heterocycles. The molecule has 114 valence electrons. The molecule has 0 aliphatic heterocycles. The Morgan fingerprint density at radius 2 is 1.82 bits per heavy atom. The van der Waals surface area contributed by atoms with Crippen molar-refractivity contribution < 1.29 is 0 Å². The molecule has 0 saturated heterocycles. The lowest BCUT2D eigenvalue weighted by molar-refractivity contribution is 0.754. The molecule has 0 amide bonds. The van der Waals surface area contributed by atoms with Crippen LogP contribution in [0.2, 0.25) is 5.02 Å². The van der Waals surface area contributed by atoms with Crippen LogP contribution in [0.5, 0.6) is 0 Å². The molecule has 1 atom stereocenters. The van der Waals surface area contributed by atoms with Crippen molar-refractivity contribution in [2.45, 2.75) is 19.9 Å². The van der Waals surface area contributed by atoms with Gasteiger partial charge in [-0.1, -0.05) is 41.9 Å². The van der Waals surface area contributed by atoms with Crippen LogP contribution in [0, 0.1) is 6.92 Å². The van der Waals surface area contributed by atoms with E-state index in [1.165, 1.54) is 5.56 Å². The van der Waals surface area contributed by atoms with Crippen LogP contribution in [0.1, 0.15) is 24.1 Å². The number of halogens is 1. The summed E-state index contributed by atoms with van der Waals surface area (Å²) in [5.74, 6) is 0. The molecule has 22 heavy (non-hydrogen) atoms. The Morgan fingerprint density at radius 1 is 1.09 bits per heavy atom. The van der Waals surface area contributed by atoms with Crippen molar-refractivity contribution in [1.82, 2.24) is 4.90 Å². The predicted octanol–water partition coefficient (Wildman–Crippen LogP) is 5.03. The molecule has 0 aromatic heterocycles. The van der Waals surface area contributed by atoms with Crippen molar-refractivity contribution in [2.75, 3.05) is 7.05 Å². The van der Waals surface area contributed by atoms with Crippen LogP contribution < -0.4 is 0 Å². The molecule has 0 aliphatic rings. The summed E-state index contributed by atoms with van der Waals surface area (Å²) in [6, 6.07) is 16.0. The highest BCUT2D eigenvalue weighted by Crippen LogP contribution is 2.21. The maximum Gasteiger partial charge on any atom is 0.0961 e. The van der Waals surface area contributed by atoms with Gasteiger partial charge in [0.2, 0.25) is 0 Å². The average Bonchev–Trinajstić information content (AvgIpc) is 2.52. The lowest BCUT2D eigenvalue weighted by Gasteiger charge is -2.10. The van der Waals surface area contributed by atoms with Gasteiger partial charge in [0.25, 0.3) is 0 Å². The number of aryl methyl sites for hydroxylation is 1. The molecule has 0 saturated carbocycles. The van der Waals surface area contributed by atoms with Gasteiger partial charge in [-0.25, -0.2) is 4.99 Å². The van der Waals surface area contributed by atoms with Crippen molar-refractivity contribution in [3.05, 3.63) is 64.7 Å². The molecule has 0 aliphatic carbocycles. The topological polar surface area (TPSA) is 28.0 Å². The molecule has 0 radical (unpaired) electrons. The Hall–Kier alpha value is -2.13. The van der Waals surface area contributed by atoms with E-state index in [0.717, 1.165) is 16.3 Å². The SMILES string of the molecule is Cc1cc(Cl)ccc1N=CN(C)C=NC(C)c1ccccc1. The first-order valence-corrected chi connectivity index (χ1v) is 7.54. The van der Waals surface area contributed by atoms with Gasteiger partial charge < -0.3 is 4.90 Å². The van der Waals surface area contributed by atoms with Crippen molar-refractivity contribution in [2.24, 2.45) is 9.98 Å². The molecule has 0 bridgehead atoms. The predicted molar refractivity (Wildman–Crippen MR) is 95.5 cm³/mol. The van der Waals surface area contributed by atoms with Gasteiger partial charge in [-0.15, -0.1) is 0 Å². The van der Waals surface area contributed by atoms with E-state index in [4.69, 9.17) is 11.6 Å². The molecular weight excluding hydrogens is 294 g/mol. The Bertz CT molecular complexity index is 665. The van der Waals surface area contributed by atoms with Crippen LogP contribution in [-0.2, 0) is 0 Å². The maximum atomic E-state index is 5.94. The van der Waals surface area contributed by atoms with E-state index in [1.807, 2.05) is 55.3 Å². The minimum Gasteiger partial charge on any atom is -0.327 e. The second-order valence-electron chi connectivity index (χ2n) is 5.19. The van der Waals surface area contributed by atoms with Crippen molar-refractivity contribution in [1.29, 1.82) is 0 Å². The monoisotopic (exact) mass is 313 g/mol. The smallest absolute Gasteiger partial charge is 0.0961 e. The minimum absolute atomic E-state index is 0.120. The van der Waals surface area contributed by atoms with Crippen molar-refractivity contribution in [3.8, 4) is 0 Å². The largest absolute Gasteiger partial charge is 0.327 e. The second-order valence-corrected chi connectivity index (χ2v) is 5.63. The first-order valence-electron chi connectivity index (χ1n) is 7.17. The molecule has 1 unspecified atom stereocenters. The van der Waals surface area contributed by atoms with E-state index < -0.39 is 0 Å². The van der Waals surface area contributed by atoms with Gasteiger partial charge in [0.15, 0.2) is 0 Å². The van der Waals surface area contributed by atoms with Crippen molar-refractivity contribution in [3.63, 3.8) is 0 Å². The zero-order valence-electron chi connectivity index (χ0n) is 13.1. The fraction of sp³-hybridized carbons (Fsp3) is 0.222. The number of hydrogen-bond donors (Lipinski definition) is 0. The summed E-state index contributed by atoms with van der Waals surface area (Å²) in [4.78, 5) is 10.8. The van der Waals surface area contributed by atoms with Crippen LogP contribution in [0.15, 0.2) is 58.5 Å². The summed E-state index contributed by atoms with van der Waals surface area (Å²) < 4.78 is 0. The molecular formula is C18H20ClN3. The highest BCUT2D eigenvalue weighted by molar-refractivity contribution is 6.30. The molecule has 3 nitrogen and oxygen atoms in total. The van der Waals surface area contributed by atoms with Crippen molar-refractivity contribution >= 4 is 30.0 Å². The zero-order valence-corrected chi connectivity index (χ0v) is 13.8. The molecule has 2 aromatic carbocycles. The van der Waals surface area contributed by atoms with E-state index in [1.54, 1.807) is 12.7 Å². The Kier molecular flexibility index (Phi) is 5.73. The Balaban J connectivity index is 1.98. The minimum atomic E-state index is 0.120. The van der Waals surface area contributed by atoms with Gasteiger partial charge in [0.05, 0.1) is 24.4 Å². The molecule has 0 spiro atoms. The lowest BCUT2D eigenvalue weighted by atomic mass is 10.1. The van der Waals surface area contributed by atoms with Crippen LogP contribution in [0.4, 0.5) is 5.69 Å². The molecule has 2 aromatic rings. The van der Waals surface area contributed by atoms with Crippen LogP contribution >= 0.6 is 11.6 Å². The fourth-order valence-electron chi connectivity index (χ4n) is 1.97. The first-order chi connectivity index (χ1) is 10.6. The van der Waals surface area contributed by atoms with E-state index in [-0.39, 0.29) is 6.04 Å². The molecule has 0 fully saturated rings. The summed E-state index contributed by atoms with van der Waals surface area (Å²) in [6.07, 6.45) is 3.53. The van der Waals surface area contributed by atoms with Gasteiger partial charge in [0.1, 0.15) is 0 Å². The van der Waals surface area contributed by atoms with Gasteiger partial charge >= 0.3 is 0 Å². The quantitative estimate of drug-likeness (QED) is 0.562. The maximum absolute atomic E-state index is 5.94. The summed E-state index contributed by atoms with van der Waals surface area (Å²) in [5, 5.41) is 0.725. The summed E-state index contributed by atoms with van der Waals surface area (Å²) in [7, 11) is 1.91. The van der Waals surface area contributed by atoms with Crippen LogP contribution in [0.25, 0.3) is 0 Å². The van der Waals surface area contributed by atoms with Gasteiger partial charge in [-0.3, -0.25) is 4.99 Å². The van der Waals surface area contributed by atoms with E-state index >= 15 is 0 Å². The number of nitrogens with zero attached hydrogens (tertiary/aromatic N) is 3. The second kappa shape index (κ2) is 7.76. The third-order valence-electron chi connectivity index (χ3n) is 3.29. The summed E-state index contributed by atoms with van der Waals surface area (Å²) in [6.45, 7) is 4.06. The molecule has 2 rings (SSSR count). The molecule has 4 heteroatoms. The average molecular weight is 314 g/mol. The van der Waals surface area contributed by atoms with Gasteiger partial charge in [-0.2, -0.15) is 0 Å². The highest BCUT2D eigenvalue weighted by atomic mass is 35.5.